The summed E-state index contributed by atoms with van der Waals surface area (Å²) in [5.74, 6) is 0.211. The van der Waals surface area contributed by atoms with Crippen LogP contribution in [0.25, 0.3) is 0 Å². The maximum atomic E-state index is 11.0. The lowest BCUT2D eigenvalue weighted by Gasteiger charge is -2.09. The molecule has 1 aromatic rings. The first-order valence-electron chi connectivity index (χ1n) is 5.85. The first-order chi connectivity index (χ1) is 9.17. The molecule has 0 fully saturated rings. The number of hydrogen-bond donors (Lipinski definition) is 1. The van der Waals surface area contributed by atoms with E-state index in [1.807, 2.05) is 18.2 Å². The van der Waals surface area contributed by atoms with Crippen LogP contribution in [0.3, 0.4) is 0 Å². The van der Waals surface area contributed by atoms with E-state index in [0.29, 0.717) is 12.4 Å². The molecule has 0 heterocycles. The van der Waals surface area contributed by atoms with Crippen molar-refractivity contribution in [3.8, 4) is 5.75 Å². The number of methoxy groups -OCH3 is 2. The van der Waals surface area contributed by atoms with Gasteiger partial charge in [0.25, 0.3) is 0 Å². The van der Waals surface area contributed by atoms with Crippen molar-refractivity contribution in [3.63, 3.8) is 0 Å². The quantitative estimate of drug-likeness (QED) is 0.580. The van der Waals surface area contributed by atoms with E-state index in [1.54, 1.807) is 7.11 Å². The van der Waals surface area contributed by atoms with Crippen LogP contribution in [0.1, 0.15) is 5.56 Å². The van der Waals surface area contributed by atoms with Gasteiger partial charge in [-0.3, -0.25) is 0 Å². The maximum Gasteiger partial charge on any atom is 0.343 e. The van der Waals surface area contributed by atoms with Crippen molar-refractivity contribution in [2.75, 3.05) is 34.0 Å². The van der Waals surface area contributed by atoms with Crippen molar-refractivity contribution in [3.05, 3.63) is 28.2 Å². The van der Waals surface area contributed by atoms with Gasteiger partial charge < -0.3 is 19.5 Å². The molecular weight excluding hydrogens is 314 g/mol. The van der Waals surface area contributed by atoms with Crippen LogP contribution in [0.2, 0.25) is 0 Å². The van der Waals surface area contributed by atoms with Crippen LogP contribution in [0.15, 0.2) is 22.7 Å². The second-order valence-corrected chi connectivity index (χ2v) is 4.65. The molecule has 0 amide bonds. The van der Waals surface area contributed by atoms with E-state index in [9.17, 15) is 4.79 Å². The molecule has 5 nitrogen and oxygen atoms in total. The summed E-state index contributed by atoms with van der Waals surface area (Å²) in [6, 6.07) is 5.71. The van der Waals surface area contributed by atoms with Crippen LogP contribution >= 0.6 is 15.9 Å². The zero-order chi connectivity index (χ0) is 14.1. The molecule has 0 aromatic heterocycles. The largest absolute Gasteiger partial charge is 0.481 e. The summed E-state index contributed by atoms with van der Waals surface area (Å²) in [5.41, 5.74) is 1.12. The lowest BCUT2D eigenvalue weighted by Crippen LogP contribution is -2.18. The molecule has 1 N–H and O–H groups in total. The van der Waals surface area contributed by atoms with Gasteiger partial charge in [-0.15, -0.1) is 0 Å². The summed E-state index contributed by atoms with van der Waals surface area (Å²) in [7, 11) is 3.00. The lowest BCUT2D eigenvalue weighted by atomic mass is 10.2. The minimum atomic E-state index is -0.405. The van der Waals surface area contributed by atoms with Gasteiger partial charge in [-0.1, -0.05) is 6.07 Å². The van der Waals surface area contributed by atoms with Crippen molar-refractivity contribution < 1.29 is 19.0 Å². The minimum Gasteiger partial charge on any atom is -0.481 e. The predicted molar refractivity (Wildman–Crippen MR) is 75.2 cm³/mol. The minimum absolute atomic E-state index is 0.0967. The fraction of sp³-hybridized carbons (Fsp3) is 0.462. The molecule has 0 saturated heterocycles. The highest BCUT2D eigenvalue weighted by atomic mass is 79.9. The number of rotatable bonds is 8. The Labute approximate surface area is 121 Å². The van der Waals surface area contributed by atoms with Gasteiger partial charge in [-0.05, 0) is 33.6 Å². The van der Waals surface area contributed by atoms with Gasteiger partial charge in [0.15, 0.2) is 6.61 Å². The number of ether oxygens (including phenoxy) is 3. The van der Waals surface area contributed by atoms with Crippen molar-refractivity contribution in [1.29, 1.82) is 0 Å². The predicted octanol–water partition coefficient (Wildman–Crippen LogP) is 1.74. The molecule has 1 aromatic carbocycles. The highest BCUT2D eigenvalue weighted by Crippen LogP contribution is 2.25. The zero-order valence-corrected chi connectivity index (χ0v) is 12.7. The van der Waals surface area contributed by atoms with E-state index in [4.69, 9.17) is 9.47 Å². The molecular formula is C13H18BrNO4. The average molecular weight is 332 g/mol. The van der Waals surface area contributed by atoms with Crippen LogP contribution in [0.4, 0.5) is 0 Å². The molecule has 0 aliphatic carbocycles. The number of hydrogen-bond acceptors (Lipinski definition) is 5. The molecule has 0 radical (unpaired) electrons. The first-order valence-corrected chi connectivity index (χ1v) is 6.64. The zero-order valence-electron chi connectivity index (χ0n) is 11.1. The number of nitrogens with one attached hydrogen (secondary N) is 1. The van der Waals surface area contributed by atoms with Crippen molar-refractivity contribution >= 4 is 21.9 Å². The molecule has 106 valence electrons. The molecule has 0 saturated carbocycles. The monoisotopic (exact) mass is 331 g/mol. The maximum absolute atomic E-state index is 11.0. The molecule has 0 spiro atoms. The van der Waals surface area contributed by atoms with E-state index in [1.165, 1.54) is 7.11 Å². The Bertz CT molecular complexity index is 412. The Morgan fingerprint density at radius 1 is 1.37 bits per heavy atom. The molecule has 6 heteroatoms. The SMILES string of the molecule is COCCNCc1ccc(OCC(=O)OC)c(Br)c1. The number of halogens is 1. The van der Waals surface area contributed by atoms with Crippen molar-refractivity contribution in [2.24, 2.45) is 0 Å². The normalized spacial score (nSPS) is 10.3. The highest BCUT2D eigenvalue weighted by molar-refractivity contribution is 9.10. The second kappa shape index (κ2) is 8.90. The van der Waals surface area contributed by atoms with Crippen LogP contribution < -0.4 is 10.1 Å². The molecule has 1 rings (SSSR count). The van der Waals surface area contributed by atoms with Gasteiger partial charge in [-0.25, -0.2) is 4.79 Å². The third kappa shape index (κ3) is 6.04. The Hall–Kier alpha value is -1.11. The van der Waals surface area contributed by atoms with Crippen molar-refractivity contribution in [1.82, 2.24) is 5.32 Å². The number of carbonyl (C=O) groups is 1. The summed E-state index contributed by atoms with van der Waals surface area (Å²) in [5, 5.41) is 3.25. The second-order valence-electron chi connectivity index (χ2n) is 3.80. The van der Waals surface area contributed by atoms with Gasteiger partial charge in [0.2, 0.25) is 0 Å². The van der Waals surface area contributed by atoms with E-state index < -0.39 is 5.97 Å². The molecule has 0 unspecified atom stereocenters. The van der Waals surface area contributed by atoms with Crippen molar-refractivity contribution in [2.45, 2.75) is 6.54 Å². The summed E-state index contributed by atoms with van der Waals surface area (Å²) < 4.78 is 15.6. The summed E-state index contributed by atoms with van der Waals surface area (Å²) >= 11 is 3.41. The molecule has 0 bridgehead atoms. The third-order valence-corrected chi connectivity index (χ3v) is 3.00. The average Bonchev–Trinajstić information content (AvgIpc) is 2.42. The van der Waals surface area contributed by atoms with Gasteiger partial charge in [-0.2, -0.15) is 0 Å². The number of benzene rings is 1. The molecule has 0 atom stereocenters. The Balaban J connectivity index is 2.47. The Kier molecular flexibility index (Phi) is 7.47. The van der Waals surface area contributed by atoms with Crippen LogP contribution in [0.5, 0.6) is 5.75 Å². The van der Waals surface area contributed by atoms with Crippen LogP contribution in [-0.4, -0.2) is 39.9 Å². The molecule has 0 aliphatic heterocycles. The molecule has 19 heavy (non-hydrogen) atoms. The highest BCUT2D eigenvalue weighted by Gasteiger charge is 2.06. The summed E-state index contributed by atoms with van der Waals surface area (Å²) in [6.45, 7) is 2.13. The topological polar surface area (TPSA) is 56.8 Å². The van der Waals surface area contributed by atoms with E-state index >= 15 is 0 Å². The standard InChI is InChI=1S/C13H18BrNO4/c1-17-6-5-15-8-10-3-4-12(11(14)7-10)19-9-13(16)18-2/h3-4,7,15H,5-6,8-9H2,1-2H3. The Morgan fingerprint density at radius 3 is 2.79 bits per heavy atom. The van der Waals surface area contributed by atoms with Crippen LogP contribution in [0, 0.1) is 0 Å². The molecule has 0 aliphatic rings. The fourth-order valence-corrected chi connectivity index (χ4v) is 1.91. The van der Waals surface area contributed by atoms with Crippen LogP contribution in [-0.2, 0) is 20.8 Å². The smallest absolute Gasteiger partial charge is 0.343 e. The van der Waals surface area contributed by atoms with Gasteiger partial charge >= 0.3 is 5.97 Å². The van der Waals surface area contributed by atoms with Gasteiger partial charge in [0, 0.05) is 20.2 Å². The van der Waals surface area contributed by atoms with Gasteiger partial charge in [0.05, 0.1) is 18.2 Å². The summed E-state index contributed by atoms with van der Waals surface area (Å²) in [4.78, 5) is 11.0. The first kappa shape index (κ1) is 15.9. The van der Waals surface area contributed by atoms with Gasteiger partial charge in [0.1, 0.15) is 5.75 Å². The fourth-order valence-electron chi connectivity index (χ4n) is 1.37. The number of carbonyl (C=O) groups excluding carboxylic acids is 1. The van der Waals surface area contributed by atoms with E-state index in [2.05, 4.69) is 26.0 Å². The number of esters is 1. The lowest BCUT2D eigenvalue weighted by molar-refractivity contribution is -0.142. The van der Waals surface area contributed by atoms with E-state index in [0.717, 1.165) is 23.1 Å². The Morgan fingerprint density at radius 2 is 2.16 bits per heavy atom. The third-order valence-electron chi connectivity index (χ3n) is 2.38. The van der Waals surface area contributed by atoms with E-state index in [-0.39, 0.29) is 6.61 Å². The summed E-state index contributed by atoms with van der Waals surface area (Å²) in [6.07, 6.45) is 0.